The van der Waals surface area contributed by atoms with Crippen LogP contribution in [0.2, 0.25) is 0 Å². The van der Waals surface area contributed by atoms with Gasteiger partial charge < -0.3 is 14.4 Å². The highest BCUT2D eigenvalue weighted by molar-refractivity contribution is 5.81. The molecule has 2 aromatic carbocycles. The number of methoxy groups -OCH3 is 2. The van der Waals surface area contributed by atoms with Gasteiger partial charge in [0.1, 0.15) is 0 Å². The zero-order chi connectivity index (χ0) is 24.1. The van der Waals surface area contributed by atoms with Crippen LogP contribution in [0.25, 0.3) is 10.9 Å². The second kappa shape index (κ2) is 10.1. The minimum atomic E-state index is -0.459. The van der Waals surface area contributed by atoms with E-state index in [1.54, 1.807) is 36.2 Å². The minimum absolute atomic E-state index is 0.0161. The first kappa shape index (κ1) is 23.7. The van der Waals surface area contributed by atoms with Crippen LogP contribution in [0.5, 0.6) is 11.5 Å². The number of aromatic nitrogens is 2. The van der Waals surface area contributed by atoms with Crippen LogP contribution >= 0.6 is 0 Å². The topological polar surface area (TPSA) is 117 Å². The number of nitro benzene ring substituents is 1. The number of carbonyl (C=O) groups excluding carboxylic acids is 1. The largest absolute Gasteiger partial charge is 0.493 e. The van der Waals surface area contributed by atoms with Gasteiger partial charge in [-0.15, -0.1) is 0 Å². The molecule has 1 amide bonds. The molecule has 0 saturated carbocycles. The van der Waals surface area contributed by atoms with Crippen LogP contribution in [0.3, 0.4) is 0 Å². The predicted octanol–water partition coefficient (Wildman–Crippen LogP) is 3.32. The van der Waals surface area contributed by atoms with E-state index in [1.165, 1.54) is 37.2 Å². The number of nitrogens with zero attached hydrogens (tertiary/aromatic N) is 4. The first-order chi connectivity index (χ1) is 15.8. The Morgan fingerprint density at radius 3 is 2.58 bits per heavy atom. The number of fused-ring (bicyclic) bond motifs is 1. The second-order valence-electron chi connectivity index (χ2n) is 7.60. The average Bonchev–Trinajstić information content (AvgIpc) is 2.83. The number of aryl methyl sites for hydroxylation is 1. The van der Waals surface area contributed by atoms with Crippen molar-refractivity contribution in [2.45, 2.75) is 32.4 Å². The Balaban J connectivity index is 1.67. The van der Waals surface area contributed by atoms with E-state index in [0.29, 0.717) is 40.9 Å². The predicted molar refractivity (Wildman–Crippen MR) is 123 cm³/mol. The summed E-state index contributed by atoms with van der Waals surface area (Å²) in [5.74, 6) is 0.803. The Morgan fingerprint density at radius 1 is 1.21 bits per heavy atom. The molecule has 0 aliphatic carbocycles. The number of non-ortho nitro benzene ring substituents is 1. The molecule has 0 aliphatic rings. The van der Waals surface area contributed by atoms with Gasteiger partial charge in [0.05, 0.1) is 42.4 Å². The summed E-state index contributed by atoms with van der Waals surface area (Å²) in [6.45, 7) is 2.14. The van der Waals surface area contributed by atoms with Crippen molar-refractivity contribution in [2.75, 3.05) is 21.3 Å². The number of nitro groups is 1. The zero-order valence-electron chi connectivity index (χ0n) is 19.0. The summed E-state index contributed by atoms with van der Waals surface area (Å²) in [6.07, 6.45) is 2.11. The molecule has 33 heavy (non-hydrogen) atoms. The summed E-state index contributed by atoms with van der Waals surface area (Å²) >= 11 is 0. The van der Waals surface area contributed by atoms with Crippen LogP contribution in [0, 0.1) is 10.1 Å². The third-order valence-electron chi connectivity index (χ3n) is 5.66. The molecule has 0 unspecified atom stereocenters. The van der Waals surface area contributed by atoms with Crippen LogP contribution in [0.1, 0.15) is 31.4 Å². The van der Waals surface area contributed by atoms with Crippen LogP contribution in [0.4, 0.5) is 5.69 Å². The van der Waals surface area contributed by atoms with E-state index in [0.717, 1.165) is 0 Å². The number of ether oxygens (including phenoxy) is 2. The third kappa shape index (κ3) is 5.11. The standard InChI is InChI=1S/C23H26N4O6/c1-15(16-7-5-8-17(11-16)27(30)31)25(2)22(28)9-6-10-26-14-24-19-13-21(33-4)20(32-3)12-18(19)23(26)29/h5,7-8,11-15H,6,9-10H2,1-4H3/t15-/m0/s1. The maximum absolute atomic E-state index is 12.9. The molecule has 10 nitrogen and oxygen atoms in total. The lowest BCUT2D eigenvalue weighted by molar-refractivity contribution is -0.384. The van der Waals surface area contributed by atoms with Gasteiger partial charge in [0.2, 0.25) is 5.91 Å². The number of amides is 1. The summed E-state index contributed by atoms with van der Waals surface area (Å²) in [5.41, 5.74) is 0.930. The van der Waals surface area contributed by atoms with Gasteiger partial charge in [0.15, 0.2) is 11.5 Å². The van der Waals surface area contributed by atoms with Crippen molar-refractivity contribution in [3.8, 4) is 11.5 Å². The highest BCUT2D eigenvalue weighted by Crippen LogP contribution is 2.30. The Labute approximate surface area is 190 Å². The van der Waals surface area contributed by atoms with Crippen molar-refractivity contribution in [3.05, 3.63) is 68.8 Å². The Bertz CT molecular complexity index is 1240. The molecule has 3 rings (SSSR count). The molecule has 0 saturated heterocycles. The monoisotopic (exact) mass is 454 g/mol. The lowest BCUT2D eigenvalue weighted by atomic mass is 10.1. The van der Waals surface area contributed by atoms with Gasteiger partial charge in [-0.2, -0.15) is 0 Å². The summed E-state index contributed by atoms with van der Waals surface area (Å²) in [4.78, 5) is 42.0. The average molecular weight is 454 g/mol. The van der Waals surface area contributed by atoms with Gasteiger partial charge in [0, 0.05) is 38.2 Å². The number of rotatable bonds is 9. The molecule has 3 aromatic rings. The van der Waals surface area contributed by atoms with Crippen molar-refractivity contribution in [1.82, 2.24) is 14.5 Å². The normalized spacial score (nSPS) is 11.8. The van der Waals surface area contributed by atoms with E-state index in [4.69, 9.17) is 9.47 Å². The van der Waals surface area contributed by atoms with Crippen LogP contribution in [-0.4, -0.2) is 46.5 Å². The van der Waals surface area contributed by atoms with E-state index < -0.39 is 4.92 Å². The number of hydrogen-bond donors (Lipinski definition) is 0. The molecule has 0 fully saturated rings. The van der Waals surface area contributed by atoms with Gasteiger partial charge in [-0.05, 0) is 25.0 Å². The molecule has 1 atom stereocenters. The first-order valence-corrected chi connectivity index (χ1v) is 10.4. The fraction of sp³-hybridized carbons (Fsp3) is 0.348. The Kier molecular flexibility index (Phi) is 7.27. The van der Waals surface area contributed by atoms with Crippen molar-refractivity contribution in [2.24, 2.45) is 0 Å². The molecular formula is C23H26N4O6. The molecule has 0 bridgehead atoms. The second-order valence-corrected chi connectivity index (χ2v) is 7.60. The highest BCUT2D eigenvalue weighted by atomic mass is 16.6. The van der Waals surface area contributed by atoms with E-state index in [-0.39, 0.29) is 29.6 Å². The zero-order valence-corrected chi connectivity index (χ0v) is 19.0. The minimum Gasteiger partial charge on any atom is -0.493 e. The quantitative estimate of drug-likeness (QED) is 0.360. The van der Waals surface area contributed by atoms with Crippen LogP contribution < -0.4 is 15.0 Å². The molecule has 0 radical (unpaired) electrons. The molecule has 0 aliphatic heterocycles. The number of carbonyl (C=O) groups is 1. The molecule has 1 heterocycles. The number of benzene rings is 2. The number of hydrogen-bond acceptors (Lipinski definition) is 7. The summed E-state index contributed by atoms with van der Waals surface area (Å²) in [5, 5.41) is 11.4. The Hall–Kier alpha value is -3.95. The summed E-state index contributed by atoms with van der Waals surface area (Å²) in [6, 6.07) is 9.16. The Morgan fingerprint density at radius 2 is 1.91 bits per heavy atom. The maximum atomic E-state index is 12.9. The smallest absolute Gasteiger partial charge is 0.269 e. The fourth-order valence-corrected chi connectivity index (χ4v) is 3.56. The first-order valence-electron chi connectivity index (χ1n) is 10.4. The van der Waals surface area contributed by atoms with Gasteiger partial charge in [-0.1, -0.05) is 12.1 Å². The van der Waals surface area contributed by atoms with Gasteiger partial charge >= 0.3 is 0 Å². The van der Waals surface area contributed by atoms with E-state index in [1.807, 2.05) is 6.92 Å². The lowest BCUT2D eigenvalue weighted by Gasteiger charge is -2.25. The molecule has 0 spiro atoms. The van der Waals surface area contributed by atoms with Crippen molar-refractivity contribution < 1.29 is 19.2 Å². The van der Waals surface area contributed by atoms with Gasteiger partial charge in [-0.3, -0.25) is 24.3 Å². The van der Waals surface area contributed by atoms with Crippen LogP contribution in [0.15, 0.2) is 47.5 Å². The van der Waals surface area contributed by atoms with E-state index >= 15 is 0 Å². The summed E-state index contributed by atoms with van der Waals surface area (Å²) in [7, 11) is 4.67. The SMILES string of the molecule is COc1cc2ncn(CCCC(=O)N(C)[C@@H](C)c3cccc([N+](=O)[O-])c3)c(=O)c2cc1OC. The summed E-state index contributed by atoms with van der Waals surface area (Å²) < 4.78 is 12.0. The van der Waals surface area contributed by atoms with Crippen molar-refractivity contribution >= 4 is 22.5 Å². The van der Waals surface area contributed by atoms with Crippen LogP contribution in [-0.2, 0) is 11.3 Å². The third-order valence-corrected chi connectivity index (χ3v) is 5.66. The highest BCUT2D eigenvalue weighted by Gasteiger charge is 2.19. The maximum Gasteiger partial charge on any atom is 0.269 e. The van der Waals surface area contributed by atoms with E-state index in [9.17, 15) is 19.7 Å². The van der Waals surface area contributed by atoms with Gasteiger partial charge in [-0.25, -0.2) is 4.98 Å². The molecule has 174 valence electrons. The van der Waals surface area contributed by atoms with Crippen molar-refractivity contribution in [1.29, 1.82) is 0 Å². The molecule has 1 aromatic heterocycles. The van der Waals surface area contributed by atoms with E-state index in [2.05, 4.69) is 4.98 Å². The molecule has 10 heteroatoms. The lowest BCUT2D eigenvalue weighted by Crippen LogP contribution is -2.30. The molecular weight excluding hydrogens is 428 g/mol. The fourth-order valence-electron chi connectivity index (χ4n) is 3.56. The van der Waals surface area contributed by atoms with Gasteiger partial charge in [0.25, 0.3) is 11.2 Å². The molecule has 0 N–H and O–H groups in total. The van der Waals surface area contributed by atoms with Crippen molar-refractivity contribution in [3.63, 3.8) is 0 Å².